The summed E-state index contributed by atoms with van der Waals surface area (Å²) in [4.78, 5) is 24.9. The van der Waals surface area contributed by atoms with E-state index in [4.69, 9.17) is 37.3 Å². The van der Waals surface area contributed by atoms with Crippen molar-refractivity contribution in [1.82, 2.24) is 0 Å². The van der Waals surface area contributed by atoms with Crippen LogP contribution >= 0.6 is 0 Å². The summed E-state index contributed by atoms with van der Waals surface area (Å²) in [5.74, 6) is 2.91. The monoisotopic (exact) mass is 624 g/mol. The maximum absolute atomic E-state index is 13.0. The minimum Gasteiger partial charge on any atom is -0.493 e. The molecule has 0 saturated carbocycles. The molecule has 10 heteroatoms. The normalized spacial score (nSPS) is 10.6. The third-order valence-electron chi connectivity index (χ3n) is 7.18. The molecule has 236 valence electrons. The molecule has 0 fully saturated rings. The van der Waals surface area contributed by atoms with Gasteiger partial charge in [0, 0.05) is 23.3 Å². The third-order valence-corrected chi connectivity index (χ3v) is 7.18. The van der Waals surface area contributed by atoms with Gasteiger partial charge < -0.3 is 37.3 Å². The van der Waals surface area contributed by atoms with Crippen LogP contribution in [-0.4, -0.2) is 42.7 Å². The maximum atomic E-state index is 13.0. The summed E-state index contributed by atoms with van der Waals surface area (Å²) >= 11 is 0. The van der Waals surface area contributed by atoms with Crippen LogP contribution in [0, 0.1) is 0 Å². The average molecular weight is 625 g/mol. The van der Waals surface area contributed by atoms with E-state index >= 15 is 0 Å². The van der Waals surface area contributed by atoms with Gasteiger partial charge in [-0.05, 0) is 30.3 Å². The number of methoxy groups -OCH3 is 6. The van der Waals surface area contributed by atoms with Gasteiger partial charge in [-0.15, -0.1) is 0 Å². The van der Waals surface area contributed by atoms with Crippen molar-refractivity contribution in [1.29, 1.82) is 0 Å². The molecule has 10 nitrogen and oxygen atoms in total. The lowest BCUT2D eigenvalue weighted by Gasteiger charge is -2.18. The SMILES string of the molecule is COc1ccc(-c2cc(=O)c3c(OC)c(OC)c(OC)c(OC)c3o2)cc1OC.O=c1cc(-c2ccccc2)oc2ccccc12. The summed E-state index contributed by atoms with van der Waals surface area (Å²) in [6, 6.07) is 25.0. The van der Waals surface area contributed by atoms with Gasteiger partial charge >= 0.3 is 0 Å². The molecular formula is C36H32O10. The summed E-state index contributed by atoms with van der Waals surface area (Å²) in [5, 5.41) is 0.804. The highest BCUT2D eigenvalue weighted by molar-refractivity contribution is 5.95. The second kappa shape index (κ2) is 13.8. The fourth-order valence-corrected chi connectivity index (χ4v) is 5.02. The van der Waals surface area contributed by atoms with Crippen molar-refractivity contribution in [2.24, 2.45) is 0 Å². The van der Waals surface area contributed by atoms with E-state index < -0.39 is 0 Å². The molecule has 0 aliphatic heterocycles. The minimum atomic E-state index is -0.327. The van der Waals surface area contributed by atoms with E-state index in [0.29, 0.717) is 39.6 Å². The number of ether oxygens (including phenoxy) is 6. The first-order chi connectivity index (χ1) is 22.4. The van der Waals surface area contributed by atoms with Crippen molar-refractivity contribution in [3.05, 3.63) is 105 Å². The fourth-order valence-electron chi connectivity index (χ4n) is 5.02. The predicted molar refractivity (Wildman–Crippen MR) is 175 cm³/mol. The van der Waals surface area contributed by atoms with E-state index in [1.54, 1.807) is 31.4 Å². The molecule has 0 bridgehead atoms. The number of rotatable bonds is 8. The predicted octanol–water partition coefficient (Wildman–Crippen LogP) is 6.97. The van der Waals surface area contributed by atoms with E-state index in [9.17, 15) is 9.59 Å². The molecule has 0 unspecified atom stereocenters. The number of para-hydroxylation sites is 1. The Balaban J connectivity index is 0.000000207. The largest absolute Gasteiger partial charge is 0.493 e. The first-order valence-electron chi connectivity index (χ1n) is 14.0. The Morgan fingerprint density at radius 1 is 0.478 bits per heavy atom. The Hall–Kier alpha value is -5.90. The van der Waals surface area contributed by atoms with Gasteiger partial charge in [-0.25, -0.2) is 0 Å². The molecule has 0 spiro atoms. The van der Waals surface area contributed by atoms with E-state index in [0.717, 1.165) is 5.56 Å². The Morgan fingerprint density at radius 2 is 1.07 bits per heavy atom. The number of hydrogen-bond acceptors (Lipinski definition) is 10. The van der Waals surface area contributed by atoms with Crippen LogP contribution in [0.25, 0.3) is 44.6 Å². The van der Waals surface area contributed by atoms with Gasteiger partial charge in [0.15, 0.2) is 33.7 Å². The van der Waals surface area contributed by atoms with Crippen molar-refractivity contribution in [3.63, 3.8) is 0 Å². The Morgan fingerprint density at radius 3 is 1.72 bits per heavy atom. The van der Waals surface area contributed by atoms with Crippen LogP contribution < -0.4 is 39.3 Å². The Labute approximate surface area is 264 Å². The molecular weight excluding hydrogens is 592 g/mol. The van der Waals surface area contributed by atoms with Gasteiger partial charge in [0.25, 0.3) is 0 Å². The van der Waals surface area contributed by atoms with Crippen molar-refractivity contribution >= 4 is 21.9 Å². The van der Waals surface area contributed by atoms with Gasteiger partial charge in [0.1, 0.15) is 22.5 Å². The van der Waals surface area contributed by atoms with E-state index in [1.165, 1.54) is 47.7 Å². The molecule has 0 atom stereocenters. The molecule has 0 aliphatic carbocycles. The highest BCUT2D eigenvalue weighted by Gasteiger charge is 2.27. The summed E-state index contributed by atoms with van der Waals surface area (Å²) in [5.41, 5.74) is 2.00. The van der Waals surface area contributed by atoms with E-state index in [2.05, 4.69) is 0 Å². The Kier molecular flexibility index (Phi) is 9.47. The first-order valence-corrected chi connectivity index (χ1v) is 14.0. The third kappa shape index (κ3) is 5.92. The van der Waals surface area contributed by atoms with E-state index in [1.807, 2.05) is 48.5 Å². The van der Waals surface area contributed by atoms with Crippen LogP contribution in [0.15, 0.2) is 103 Å². The van der Waals surface area contributed by atoms with Crippen molar-refractivity contribution in [2.75, 3.05) is 42.7 Å². The quantitative estimate of drug-likeness (QED) is 0.176. The lowest BCUT2D eigenvalue weighted by atomic mass is 10.1. The standard InChI is InChI=1S/C21H22O8.C15H10O2/c1-23-13-8-7-11(9-15(13)24-2)14-10-12(22)16-17(25-3)19(26-4)21(28-6)20(27-5)18(16)29-14;16-13-10-15(11-6-2-1-3-7-11)17-14-9-5-4-8-12(13)14/h7-10H,1-6H3;1-10H. The highest BCUT2D eigenvalue weighted by atomic mass is 16.5. The maximum Gasteiger partial charge on any atom is 0.211 e. The van der Waals surface area contributed by atoms with Crippen LogP contribution in [0.2, 0.25) is 0 Å². The zero-order valence-corrected chi connectivity index (χ0v) is 26.2. The molecule has 0 amide bonds. The molecule has 0 saturated heterocycles. The molecule has 2 aromatic heterocycles. The van der Waals surface area contributed by atoms with Crippen molar-refractivity contribution in [3.8, 4) is 57.1 Å². The molecule has 6 aromatic rings. The van der Waals surface area contributed by atoms with Crippen molar-refractivity contribution in [2.45, 2.75) is 0 Å². The zero-order valence-electron chi connectivity index (χ0n) is 26.2. The number of hydrogen-bond donors (Lipinski definition) is 0. The second-order valence-corrected chi connectivity index (χ2v) is 9.72. The Bertz CT molecular complexity index is 2110. The molecule has 0 N–H and O–H groups in total. The molecule has 46 heavy (non-hydrogen) atoms. The minimum absolute atomic E-state index is 0.00861. The van der Waals surface area contributed by atoms with Crippen LogP contribution in [0.1, 0.15) is 0 Å². The van der Waals surface area contributed by atoms with Crippen LogP contribution in [-0.2, 0) is 0 Å². The summed E-state index contributed by atoms with van der Waals surface area (Å²) in [6.45, 7) is 0. The molecule has 2 heterocycles. The van der Waals surface area contributed by atoms with Gasteiger partial charge in [-0.1, -0.05) is 42.5 Å². The van der Waals surface area contributed by atoms with Crippen LogP contribution in [0.4, 0.5) is 0 Å². The lowest BCUT2D eigenvalue weighted by Crippen LogP contribution is -2.07. The number of fused-ring (bicyclic) bond motifs is 2. The molecule has 4 aromatic carbocycles. The summed E-state index contributed by atoms with van der Waals surface area (Å²) in [6.07, 6.45) is 0. The zero-order chi connectivity index (χ0) is 32.8. The van der Waals surface area contributed by atoms with Crippen LogP contribution in [0.3, 0.4) is 0 Å². The lowest BCUT2D eigenvalue weighted by molar-refractivity contribution is 0.307. The average Bonchev–Trinajstić information content (AvgIpc) is 3.10. The van der Waals surface area contributed by atoms with Crippen LogP contribution in [0.5, 0.6) is 34.5 Å². The van der Waals surface area contributed by atoms with Gasteiger partial charge in [-0.2, -0.15) is 0 Å². The molecule has 0 radical (unpaired) electrons. The first kappa shape index (κ1) is 31.5. The fraction of sp³-hybridized carbons (Fsp3) is 0.167. The topological polar surface area (TPSA) is 116 Å². The summed E-state index contributed by atoms with van der Waals surface area (Å²) < 4.78 is 44.1. The summed E-state index contributed by atoms with van der Waals surface area (Å²) in [7, 11) is 8.87. The molecule has 6 rings (SSSR count). The van der Waals surface area contributed by atoms with E-state index in [-0.39, 0.29) is 44.8 Å². The molecule has 0 aliphatic rings. The number of benzene rings is 4. The van der Waals surface area contributed by atoms with Gasteiger partial charge in [-0.3, -0.25) is 9.59 Å². The van der Waals surface area contributed by atoms with Crippen molar-refractivity contribution < 1.29 is 37.3 Å². The highest BCUT2D eigenvalue weighted by Crippen LogP contribution is 2.50. The smallest absolute Gasteiger partial charge is 0.211 e. The van der Waals surface area contributed by atoms with Gasteiger partial charge in [0.05, 0.1) is 48.0 Å². The second-order valence-electron chi connectivity index (χ2n) is 9.72. The van der Waals surface area contributed by atoms with Gasteiger partial charge in [0.2, 0.25) is 17.2 Å².